The van der Waals surface area contributed by atoms with Gasteiger partial charge in [0, 0.05) is 16.9 Å². The van der Waals surface area contributed by atoms with Crippen LogP contribution in [0.25, 0.3) is 0 Å². The molecule has 0 saturated heterocycles. The summed E-state index contributed by atoms with van der Waals surface area (Å²) in [6, 6.07) is 7.97. The summed E-state index contributed by atoms with van der Waals surface area (Å²) >= 11 is 0. The lowest BCUT2D eigenvalue weighted by molar-refractivity contribution is 0.0708. The van der Waals surface area contributed by atoms with Gasteiger partial charge in [-0.05, 0) is 87.5 Å². The van der Waals surface area contributed by atoms with E-state index in [2.05, 4.69) is 61.2 Å². The Bertz CT molecular complexity index is 1100. The molecule has 0 amide bonds. The van der Waals surface area contributed by atoms with Gasteiger partial charge in [-0.2, -0.15) is 0 Å². The third-order valence-electron chi connectivity index (χ3n) is 7.82. The van der Waals surface area contributed by atoms with Crippen LogP contribution >= 0.6 is 0 Å². The van der Waals surface area contributed by atoms with E-state index in [9.17, 15) is 4.21 Å². The molecule has 0 saturated carbocycles. The number of aryl methyl sites for hydroxylation is 1. The van der Waals surface area contributed by atoms with Crippen molar-refractivity contribution in [1.82, 2.24) is 0 Å². The maximum atomic E-state index is 13.3. The average Bonchev–Trinajstić information content (AvgIpc) is 2.75. The van der Waals surface area contributed by atoms with Crippen molar-refractivity contribution >= 4 is 19.1 Å². The van der Waals surface area contributed by atoms with E-state index in [4.69, 9.17) is 9.16 Å². The first-order valence-electron chi connectivity index (χ1n) is 12.3. The van der Waals surface area contributed by atoms with Crippen LogP contribution in [0.4, 0.5) is 0 Å². The third kappa shape index (κ3) is 5.20. The summed E-state index contributed by atoms with van der Waals surface area (Å²) in [6.07, 6.45) is 4.27. The predicted octanol–water partition coefficient (Wildman–Crippen LogP) is 7.75. The zero-order chi connectivity index (χ0) is 25.5. The van der Waals surface area contributed by atoms with Gasteiger partial charge in [0.15, 0.2) is 0 Å². The first-order valence-corrected chi connectivity index (χ1v) is 16.5. The molecule has 0 fully saturated rings. The lowest BCUT2D eigenvalue weighted by atomic mass is 9.85. The van der Waals surface area contributed by atoms with Crippen molar-refractivity contribution in [1.29, 1.82) is 0 Å². The molecule has 3 rings (SSSR count). The second kappa shape index (κ2) is 9.66. The molecule has 186 valence electrons. The van der Waals surface area contributed by atoms with Gasteiger partial charge in [0.1, 0.15) is 17.1 Å². The summed E-state index contributed by atoms with van der Waals surface area (Å²) in [5.74, 6) is 2.44. The highest BCUT2D eigenvalue weighted by atomic mass is 32.2. The van der Waals surface area contributed by atoms with Crippen molar-refractivity contribution in [2.45, 2.75) is 96.4 Å². The van der Waals surface area contributed by atoms with Gasteiger partial charge >= 0.3 is 0 Å². The van der Waals surface area contributed by atoms with Crippen LogP contribution in [0.15, 0.2) is 41.8 Å². The van der Waals surface area contributed by atoms with Crippen LogP contribution in [-0.4, -0.2) is 23.9 Å². The highest BCUT2D eigenvalue weighted by Gasteiger charge is 2.42. The van der Waals surface area contributed by atoms with E-state index in [0.717, 1.165) is 40.4 Å². The van der Waals surface area contributed by atoms with E-state index < -0.39 is 24.7 Å². The normalized spacial score (nSPS) is 19.2. The molecule has 0 spiro atoms. The maximum Gasteiger partial charge on any atom is 0.250 e. The third-order valence-corrected chi connectivity index (χ3v) is 13.7. The summed E-state index contributed by atoms with van der Waals surface area (Å²) in [4.78, 5) is 0.852. The number of hydrogen-bond donors (Lipinski definition) is 0. The van der Waals surface area contributed by atoms with E-state index in [-0.39, 0.29) is 5.04 Å². The molecular weight excluding hydrogens is 456 g/mol. The Morgan fingerprint density at radius 1 is 1.09 bits per heavy atom. The van der Waals surface area contributed by atoms with Crippen LogP contribution in [0.5, 0.6) is 11.5 Å². The Balaban J connectivity index is 1.98. The number of rotatable bonds is 7. The summed E-state index contributed by atoms with van der Waals surface area (Å²) in [7, 11) is -3.12. The maximum absolute atomic E-state index is 13.3. The van der Waals surface area contributed by atoms with Crippen LogP contribution in [0.1, 0.15) is 61.4 Å². The molecular formula is C29H42O3SSi. The smallest absolute Gasteiger partial charge is 0.250 e. The van der Waals surface area contributed by atoms with Gasteiger partial charge in [-0.3, -0.25) is 4.21 Å². The second-order valence-electron chi connectivity index (χ2n) is 11.5. The predicted molar refractivity (Wildman–Crippen MR) is 147 cm³/mol. The molecule has 3 nitrogen and oxygen atoms in total. The number of benzene rings is 2. The van der Waals surface area contributed by atoms with Crippen molar-refractivity contribution in [2.75, 3.05) is 5.75 Å². The van der Waals surface area contributed by atoms with Gasteiger partial charge in [-0.15, -0.1) is 6.58 Å². The fourth-order valence-corrected chi connectivity index (χ4v) is 6.88. The second-order valence-corrected chi connectivity index (χ2v) is 17.6. The molecule has 2 aromatic carbocycles. The van der Waals surface area contributed by atoms with Crippen molar-refractivity contribution in [3.05, 3.63) is 64.7 Å². The zero-order valence-corrected chi connectivity index (χ0v) is 24.4. The molecule has 1 heterocycles. The summed E-state index contributed by atoms with van der Waals surface area (Å²) in [5.41, 5.74) is 5.35. The van der Waals surface area contributed by atoms with E-state index in [1.807, 2.05) is 37.3 Å². The van der Waals surface area contributed by atoms with Crippen LogP contribution in [0.2, 0.25) is 18.1 Å². The minimum absolute atomic E-state index is 0.130. The molecule has 1 unspecified atom stereocenters. The van der Waals surface area contributed by atoms with Gasteiger partial charge in [-0.25, -0.2) is 0 Å². The van der Waals surface area contributed by atoms with Crippen molar-refractivity contribution in [2.24, 2.45) is 0 Å². The minimum Gasteiger partial charge on any atom is -0.543 e. The van der Waals surface area contributed by atoms with Crippen molar-refractivity contribution < 1.29 is 13.4 Å². The zero-order valence-electron chi connectivity index (χ0n) is 22.6. The summed E-state index contributed by atoms with van der Waals surface area (Å²) in [5, 5.41) is 0.130. The number of ether oxygens (including phenoxy) is 1. The Hall–Kier alpha value is -1.85. The molecule has 1 aliphatic heterocycles. The van der Waals surface area contributed by atoms with E-state index in [1.54, 1.807) is 0 Å². The average molecular weight is 499 g/mol. The first-order chi connectivity index (χ1) is 15.7. The highest BCUT2D eigenvalue weighted by Crippen LogP contribution is 2.47. The van der Waals surface area contributed by atoms with Crippen LogP contribution in [0, 0.1) is 27.7 Å². The lowest BCUT2D eigenvalue weighted by Gasteiger charge is -2.41. The Labute approximate surface area is 210 Å². The molecule has 0 aliphatic carbocycles. The summed E-state index contributed by atoms with van der Waals surface area (Å²) < 4.78 is 27.0. The lowest BCUT2D eigenvalue weighted by Crippen LogP contribution is -2.45. The SMILES string of the molecule is C=CC[C@]1(CS(=O)c2ccc(C)cc2)CCc2c(C)c(O[Si](C)(C)C(C)(C)C)c(C)c(C)c2O1. The van der Waals surface area contributed by atoms with Gasteiger partial charge in [0.05, 0.1) is 16.6 Å². The monoisotopic (exact) mass is 498 g/mol. The number of fused-ring (bicyclic) bond motifs is 1. The Kier molecular flexibility index (Phi) is 7.60. The highest BCUT2D eigenvalue weighted by molar-refractivity contribution is 7.85. The summed E-state index contributed by atoms with van der Waals surface area (Å²) in [6.45, 7) is 23.9. The van der Waals surface area contributed by atoms with Crippen LogP contribution in [-0.2, 0) is 17.2 Å². The molecule has 0 aromatic heterocycles. The minimum atomic E-state index is -1.98. The molecule has 34 heavy (non-hydrogen) atoms. The largest absolute Gasteiger partial charge is 0.543 e. The van der Waals surface area contributed by atoms with Crippen molar-refractivity contribution in [3.63, 3.8) is 0 Å². The molecule has 2 atom stereocenters. The van der Waals surface area contributed by atoms with Gasteiger partial charge in [0.25, 0.3) is 8.32 Å². The Morgan fingerprint density at radius 3 is 2.26 bits per heavy atom. The fourth-order valence-electron chi connectivity index (χ4n) is 4.36. The van der Waals surface area contributed by atoms with Crippen molar-refractivity contribution in [3.8, 4) is 11.5 Å². The van der Waals surface area contributed by atoms with E-state index in [1.165, 1.54) is 16.7 Å². The van der Waals surface area contributed by atoms with E-state index >= 15 is 0 Å². The molecule has 2 aromatic rings. The molecule has 1 aliphatic rings. The number of hydrogen-bond acceptors (Lipinski definition) is 3. The van der Waals surface area contributed by atoms with Crippen LogP contribution in [0.3, 0.4) is 0 Å². The Morgan fingerprint density at radius 2 is 1.71 bits per heavy atom. The topological polar surface area (TPSA) is 35.5 Å². The molecule has 0 N–H and O–H groups in total. The molecule has 0 radical (unpaired) electrons. The molecule has 0 bridgehead atoms. The van der Waals surface area contributed by atoms with E-state index in [0.29, 0.717) is 12.2 Å². The van der Waals surface area contributed by atoms with Crippen LogP contribution < -0.4 is 9.16 Å². The quantitative estimate of drug-likeness (QED) is 0.289. The molecule has 5 heteroatoms. The fraction of sp³-hybridized carbons (Fsp3) is 0.517. The standard InChI is InChI=1S/C29H42O3SSi/c1-11-17-29(19-33(30)24-14-12-20(2)13-15-24)18-16-25-23(5)26(21(3)22(4)27(25)31-29)32-34(9,10)28(6,7)8/h11-15H,1,16-19H2,2-10H3/t29-,33?/m1/s1. The van der Waals surface area contributed by atoms with Gasteiger partial charge < -0.3 is 9.16 Å². The van der Waals surface area contributed by atoms with Gasteiger partial charge in [0.2, 0.25) is 0 Å². The van der Waals surface area contributed by atoms with Gasteiger partial charge in [-0.1, -0.05) is 44.5 Å². The first kappa shape index (κ1) is 26.7.